The van der Waals surface area contributed by atoms with Gasteiger partial charge in [-0.2, -0.15) is 0 Å². The number of aromatic nitrogens is 1. The fourth-order valence-electron chi connectivity index (χ4n) is 9.80. The smallest absolute Gasteiger partial charge is 0.408 e. The van der Waals surface area contributed by atoms with E-state index in [1.807, 2.05) is 0 Å². The van der Waals surface area contributed by atoms with E-state index in [4.69, 9.17) is 14.2 Å². The van der Waals surface area contributed by atoms with Crippen molar-refractivity contribution in [3.8, 4) is 11.6 Å². The second kappa shape index (κ2) is 16.2. The molecule has 16 heteroatoms. The van der Waals surface area contributed by atoms with Crippen molar-refractivity contribution in [2.75, 3.05) is 13.7 Å². The number of pyridine rings is 1. The van der Waals surface area contributed by atoms with Gasteiger partial charge in [0, 0.05) is 30.3 Å². The highest BCUT2D eigenvalue weighted by Gasteiger charge is 2.62. The number of alkyl carbamates (subject to hydrolysis) is 1. The molecule has 6 aliphatic rings. The van der Waals surface area contributed by atoms with Gasteiger partial charge in [0.1, 0.15) is 35.6 Å². The Morgan fingerprint density at radius 3 is 2.41 bits per heavy atom. The van der Waals surface area contributed by atoms with Crippen LogP contribution in [0.1, 0.15) is 96.3 Å². The van der Waals surface area contributed by atoms with Gasteiger partial charge in [-0.3, -0.25) is 28.5 Å². The lowest BCUT2D eigenvalue weighted by Crippen LogP contribution is -2.59. The molecule has 5 fully saturated rings. The maximum Gasteiger partial charge on any atom is 0.408 e. The van der Waals surface area contributed by atoms with Crippen LogP contribution in [0.2, 0.25) is 0 Å². The van der Waals surface area contributed by atoms with Crippen molar-refractivity contribution in [3.05, 3.63) is 47.3 Å². The highest BCUT2D eigenvalue weighted by molar-refractivity contribution is 7.91. The Morgan fingerprint density at radius 1 is 0.948 bits per heavy atom. The van der Waals surface area contributed by atoms with Gasteiger partial charge in [0.15, 0.2) is 5.88 Å². The summed E-state index contributed by atoms with van der Waals surface area (Å²) >= 11 is 0. The quantitative estimate of drug-likeness (QED) is 0.328. The van der Waals surface area contributed by atoms with Crippen LogP contribution in [0.15, 0.2) is 41.7 Å². The number of carbonyl (C=O) groups is 4. The van der Waals surface area contributed by atoms with E-state index >= 15 is 0 Å². The fraction of sp³-hybridized carbons (Fsp3) is 0.643. The van der Waals surface area contributed by atoms with Crippen LogP contribution >= 0.6 is 0 Å². The number of hydrogen-bond donors (Lipinski definition) is 3. The Balaban J connectivity index is 1.14. The summed E-state index contributed by atoms with van der Waals surface area (Å²) in [6.07, 6.45) is 10.0. The van der Waals surface area contributed by atoms with Gasteiger partial charge in [0.25, 0.3) is 11.5 Å². The molecule has 0 radical (unpaired) electrons. The Labute approximate surface area is 338 Å². The number of methoxy groups -OCH3 is 1. The highest BCUT2D eigenvalue weighted by atomic mass is 32.2. The normalized spacial score (nSPS) is 30.8. The van der Waals surface area contributed by atoms with Gasteiger partial charge < -0.3 is 29.7 Å². The average molecular weight is 822 g/mol. The molecule has 2 aliphatic heterocycles. The third-order valence-electron chi connectivity index (χ3n) is 13.4. The third kappa shape index (κ3) is 8.04. The summed E-state index contributed by atoms with van der Waals surface area (Å²) in [5, 5.41) is 6.25. The van der Waals surface area contributed by atoms with Crippen LogP contribution in [-0.2, 0) is 35.7 Å². The summed E-state index contributed by atoms with van der Waals surface area (Å²) in [6, 6.07) is 4.90. The lowest BCUT2D eigenvalue weighted by Gasteiger charge is -2.32. The van der Waals surface area contributed by atoms with Crippen LogP contribution in [0.5, 0.6) is 11.6 Å². The van der Waals surface area contributed by atoms with Crippen LogP contribution in [-0.4, -0.2) is 90.4 Å². The molecule has 2 bridgehead atoms. The first-order valence-electron chi connectivity index (χ1n) is 21.1. The molecule has 7 atom stereocenters. The zero-order chi connectivity index (χ0) is 40.8. The Morgan fingerprint density at radius 2 is 1.69 bits per heavy atom. The molecule has 1 saturated heterocycles. The van der Waals surface area contributed by atoms with Crippen molar-refractivity contribution in [1.82, 2.24) is 24.8 Å². The van der Waals surface area contributed by atoms with E-state index in [1.54, 1.807) is 35.9 Å². The number of sulfonamides is 1. The predicted octanol–water partition coefficient (Wildman–Crippen LogP) is 4.06. The van der Waals surface area contributed by atoms with Crippen LogP contribution < -0.4 is 30.4 Å². The Hall–Kier alpha value is -4.60. The topological polar surface area (TPSA) is 191 Å². The minimum atomic E-state index is -3.92. The van der Waals surface area contributed by atoms with Crippen molar-refractivity contribution in [1.29, 1.82) is 0 Å². The number of amides is 4. The van der Waals surface area contributed by atoms with Crippen LogP contribution in [0.3, 0.4) is 0 Å². The average Bonchev–Trinajstić information content (AvgIpc) is 3.99. The number of fused-ring (bicyclic) bond motifs is 5. The molecule has 4 aliphatic carbocycles. The molecule has 15 nitrogen and oxygen atoms in total. The van der Waals surface area contributed by atoms with Gasteiger partial charge in [0.2, 0.25) is 21.8 Å². The zero-order valence-electron chi connectivity index (χ0n) is 33.1. The zero-order valence-corrected chi connectivity index (χ0v) is 33.9. The number of nitrogens with zero attached hydrogens (tertiary/aromatic N) is 2. The van der Waals surface area contributed by atoms with E-state index < -0.39 is 68.7 Å². The molecule has 58 heavy (non-hydrogen) atoms. The summed E-state index contributed by atoms with van der Waals surface area (Å²) in [7, 11) is -2.37. The summed E-state index contributed by atoms with van der Waals surface area (Å²) < 4.78 is 47.6. The first-order chi connectivity index (χ1) is 27.9. The molecule has 8 rings (SSSR count). The molecule has 4 saturated carbocycles. The second-order valence-electron chi connectivity index (χ2n) is 17.2. The standard InChI is InChI=1S/C42H55N5O10S/c1-3-28-23-42(28,40(51)45-58(53,54)31-16-17-31)44-37(48)33-22-30-24-47(33)39(50)36(26-11-6-7-12-26)43-41(52)57-34-14-9-13-25(34)10-5-4-8-19-46-35(56-30)21-27-20-29(55-2)15-18-32(27)38(46)49/h3,15,18,20-21,25-26,28,30-31,33-34,36H,1,4-14,16-17,19,22-24H2,2H3,(H,43,52)(H,44,48)(H,45,51)/t25-,28-,30-,33+,34-,36+,42-/m1/s1. The Bertz CT molecular complexity index is 2130. The molecule has 314 valence electrons. The third-order valence-corrected chi connectivity index (χ3v) is 15.2. The predicted molar refractivity (Wildman–Crippen MR) is 214 cm³/mol. The van der Waals surface area contributed by atoms with Gasteiger partial charge in [-0.05, 0) is 99.6 Å². The van der Waals surface area contributed by atoms with Crippen LogP contribution in [0, 0.1) is 17.8 Å². The number of hydrogen-bond acceptors (Lipinski definition) is 10. The van der Waals surface area contributed by atoms with Gasteiger partial charge >= 0.3 is 6.09 Å². The van der Waals surface area contributed by atoms with Gasteiger partial charge in [0.05, 0.1) is 18.9 Å². The molecule has 1 aromatic carbocycles. The highest BCUT2D eigenvalue weighted by Crippen LogP contribution is 2.46. The molecule has 1 aromatic heterocycles. The number of rotatable bonds is 8. The van der Waals surface area contributed by atoms with Crippen molar-refractivity contribution >= 4 is 44.6 Å². The van der Waals surface area contributed by atoms with E-state index in [1.165, 1.54) is 11.0 Å². The molecule has 0 spiro atoms. The molecular formula is C42H55N5O10S. The van der Waals surface area contributed by atoms with E-state index in [0.29, 0.717) is 61.1 Å². The van der Waals surface area contributed by atoms with Gasteiger partial charge in [-0.1, -0.05) is 31.8 Å². The number of nitrogens with one attached hydrogen (secondary N) is 3. The molecule has 3 N–H and O–H groups in total. The van der Waals surface area contributed by atoms with E-state index in [-0.39, 0.29) is 42.9 Å². The lowest BCUT2D eigenvalue weighted by molar-refractivity contribution is -0.142. The number of carbonyl (C=O) groups excluding carboxylic acids is 4. The maximum absolute atomic E-state index is 14.9. The van der Waals surface area contributed by atoms with E-state index in [0.717, 1.165) is 51.4 Å². The number of ether oxygens (including phenoxy) is 3. The monoisotopic (exact) mass is 821 g/mol. The first kappa shape index (κ1) is 40.2. The maximum atomic E-state index is 14.9. The minimum Gasteiger partial charge on any atom is -0.497 e. The van der Waals surface area contributed by atoms with Crippen molar-refractivity contribution in [2.24, 2.45) is 17.8 Å². The summed E-state index contributed by atoms with van der Waals surface area (Å²) in [5.74, 6) is -1.62. The SMILES string of the molecule is C=C[C@@H]1C[C@]1(NC(=O)[C@@H]1C[C@@H]2CN1C(=O)[C@H](C1CCCC1)NC(=O)O[C@@H]1CCC[C@H]1CCCCCn1c(cc3cc(OC)ccc3c1=O)O2)C(=O)NS(=O)(=O)C1CC1. The Kier molecular flexibility index (Phi) is 11.2. The van der Waals surface area contributed by atoms with Crippen molar-refractivity contribution in [3.63, 3.8) is 0 Å². The van der Waals surface area contributed by atoms with E-state index in [2.05, 4.69) is 21.9 Å². The molecule has 2 aromatic rings. The van der Waals surface area contributed by atoms with Crippen LogP contribution in [0.25, 0.3) is 10.8 Å². The molecule has 0 unspecified atom stereocenters. The van der Waals surface area contributed by atoms with Crippen molar-refractivity contribution < 1.29 is 41.8 Å². The molecule has 4 amide bonds. The van der Waals surface area contributed by atoms with Crippen molar-refractivity contribution in [2.45, 2.75) is 138 Å². The lowest BCUT2D eigenvalue weighted by atomic mass is 9.96. The minimum absolute atomic E-state index is 0.00429. The largest absolute Gasteiger partial charge is 0.497 e. The summed E-state index contributed by atoms with van der Waals surface area (Å²) in [4.78, 5) is 72.2. The van der Waals surface area contributed by atoms with E-state index in [9.17, 15) is 32.4 Å². The molecule has 3 heterocycles. The molecular weight excluding hydrogens is 767 g/mol. The first-order valence-corrected chi connectivity index (χ1v) is 22.6. The van der Waals surface area contributed by atoms with Gasteiger partial charge in [-0.15, -0.1) is 6.58 Å². The summed E-state index contributed by atoms with van der Waals surface area (Å²) in [5.41, 5.74) is -1.79. The number of benzene rings is 1. The fourth-order valence-corrected chi connectivity index (χ4v) is 11.2. The summed E-state index contributed by atoms with van der Waals surface area (Å²) in [6.45, 7) is 4.14. The van der Waals surface area contributed by atoms with Crippen LogP contribution in [0.4, 0.5) is 4.79 Å². The van der Waals surface area contributed by atoms with Gasteiger partial charge in [-0.25, -0.2) is 13.2 Å². The second-order valence-corrected chi connectivity index (χ2v) is 19.2.